The molecular weight excluding hydrogens is 150 g/mol. The van der Waals surface area contributed by atoms with Gasteiger partial charge < -0.3 is 15.4 Å². The maximum Gasteiger partial charge on any atom is 0.335 e. The molecule has 0 bridgehead atoms. The van der Waals surface area contributed by atoms with Gasteiger partial charge in [-0.3, -0.25) is 0 Å². The number of aliphatic carboxylic acids is 1. The summed E-state index contributed by atoms with van der Waals surface area (Å²) in [4.78, 5) is 10.3. The number of nitrogens with two attached hydrogens (primary N) is 1. The Morgan fingerprint density at radius 2 is 1.64 bits per heavy atom. The molecule has 0 aromatic rings. The van der Waals surface area contributed by atoms with E-state index in [1.807, 2.05) is 0 Å². The Morgan fingerprint density at radius 1 is 1.27 bits per heavy atom. The van der Waals surface area contributed by atoms with Crippen molar-refractivity contribution in [3.63, 3.8) is 0 Å². The lowest BCUT2D eigenvalue weighted by Gasteiger charge is -2.14. The summed E-state index contributed by atoms with van der Waals surface area (Å²) in [7, 11) is 0. The van der Waals surface area contributed by atoms with Crippen LogP contribution in [-0.4, -0.2) is 27.0 Å². The highest BCUT2D eigenvalue weighted by molar-refractivity contribution is 5.77. The fourth-order valence-corrected chi connectivity index (χ4v) is 1.17. The van der Waals surface area contributed by atoms with Gasteiger partial charge in [-0.25, -0.2) is 10.7 Å². The third-order valence-electron chi connectivity index (χ3n) is 1.83. The normalized spacial score (nSPS) is 20.3. The van der Waals surface area contributed by atoms with Gasteiger partial charge in [0.05, 0.1) is 0 Å². The molecule has 1 aliphatic carbocycles. The lowest BCUT2D eigenvalue weighted by Crippen LogP contribution is -2.34. The van der Waals surface area contributed by atoms with Crippen molar-refractivity contribution in [3.05, 3.63) is 0 Å². The molecule has 0 amide bonds. The molecule has 0 atom stereocenters. The van der Waals surface area contributed by atoms with Crippen molar-refractivity contribution >= 4 is 5.97 Å². The van der Waals surface area contributed by atoms with E-state index in [4.69, 9.17) is 15.4 Å². The second-order valence-electron chi connectivity index (χ2n) is 2.54. The molecule has 0 unspecified atom stereocenters. The van der Waals surface area contributed by atoms with Gasteiger partial charge in [0, 0.05) is 0 Å². The van der Waals surface area contributed by atoms with Crippen LogP contribution in [-0.2, 0) is 4.79 Å². The molecule has 0 aromatic heterocycles. The summed E-state index contributed by atoms with van der Waals surface area (Å²) in [6.07, 6.45) is 2.51. The smallest absolute Gasteiger partial charge is 0.335 e. The summed E-state index contributed by atoms with van der Waals surface area (Å²) in [6, 6.07) is 0. The number of carboxylic acid groups (broad SMARTS) is 1. The lowest BCUT2D eigenvalue weighted by molar-refractivity contribution is -0.157. The van der Waals surface area contributed by atoms with E-state index in [0.717, 1.165) is 12.8 Å². The van der Waals surface area contributed by atoms with E-state index in [0.29, 0.717) is 12.8 Å². The van der Waals surface area contributed by atoms with Crippen molar-refractivity contribution in [2.24, 2.45) is 5.90 Å². The molecule has 1 aliphatic rings. The van der Waals surface area contributed by atoms with E-state index < -0.39 is 11.6 Å². The summed E-state index contributed by atoms with van der Waals surface area (Å²) in [5.41, 5.74) is -1.39. The summed E-state index contributed by atoms with van der Waals surface area (Å²) in [5.74, 6) is 2.43. The molecule has 0 aliphatic heterocycles. The number of rotatable bonds is 1. The first kappa shape index (κ1) is 10.3. The van der Waals surface area contributed by atoms with Gasteiger partial charge in [0.2, 0.25) is 0 Å². The maximum atomic E-state index is 10.3. The first-order valence-electron chi connectivity index (χ1n) is 3.37. The topological polar surface area (TPSA) is 104 Å². The standard InChI is InChI=1S/C6H10O3.H3NO/c7-5(8)6(9)3-1-2-4-6;1-2/h9H,1-4H2,(H,7,8);2H,1H2. The third kappa shape index (κ3) is 2.45. The number of hydrogen-bond acceptors (Lipinski definition) is 4. The Kier molecular flexibility index (Phi) is 4.02. The SMILES string of the molecule is NO.O=C(O)C1(O)CCCC1. The second kappa shape index (κ2) is 4.27. The average Bonchev–Trinajstić information content (AvgIpc) is 2.42. The van der Waals surface area contributed by atoms with E-state index in [2.05, 4.69) is 5.90 Å². The first-order chi connectivity index (χ1) is 5.15. The summed E-state index contributed by atoms with van der Waals surface area (Å²) in [6.45, 7) is 0. The Hall–Kier alpha value is -0.650. The Bertz CT molecular complexity index is 131. The van der Waals surface area contributed by atoms with Crippen LogP contribution in [0.25, 0.3) is 0 Å². The van der Waals surface area contributed by atoms with Gasteiger partial charge in [0.25, 0.3) is 0 Å². The molecule has 0 spiro atoms. The average molecular weight is 163 g/mol. The van der Waals surface area contributed by atoms with E-state index in [-0.39, 0.29) is 0 Å². The van der Waals surface area contributed by atoms with Crippen LogP contribution in [0.2, 0.25) is 0 Å². The van der Waals surface area contributed by atoms with Gasteiger partial charge in [-0.15, -0.1) is 0 Å². The summed E-state index contributed by atoms with van der Waals surface area (Å²) < 4.78 is 0. The fourth-order valence-electron chi connectivity index (χ4n) is 1.17. The molecule has 1 saturated carbocycles. The minimum atomic E-state index is -1.39. The number of aliphatic hydroxyl groups is 1. The Labute approximate surface area is 64.4 Å². The molecule has 1 rings (SSSR count). The van der Waals surface area contributed by atoms with Crippen LogP contribution in [0.5, 0.6) is 0 Å². The zero-order chi connectivity index (χ0) is 8.91. The zero-order valence-corrected chi connectivity index (χ0v) is 6.16. The van der Waals surface area contributed by atoms with E-state index in [1.54, 1.807) is 0 Å². The lowest BCUT2D eigenvalue weighted by atomic mass is 10.0. The molecule has 1 fully saturated rings. The minimum absolute atomic E-state index is 0.419. The number of hydrogen-bond donors (Lipinski definition) is 4. The highest BCUT2D eigenvalue weighted by Gasteiger charge is 2.38. The zero-order valence-electron chi connectivity index (χ0n) is 6.16. The van der Waals surface area contributed by atoms with Crippen molar-refractivity contribution in [2.75, 3.05) is 0 Å². The second-order valence-corrected chi connectivity index (χ2v) is 2.54. The molecule has 0 aromatic carbocycles. The number of carbonyl (C=O) groups is 1. The van der Waals surface area contributed by atoms with Gasteiger partial charge in [0.1, 0.15) is 0 Å². The van der Waals surface area contributed by atoms with Crippen molar-refractivity contribution in [1.82, 2.24) is 0 Å². The van der Waals surface area contributed by atoms with Crippen molar-refractivity contribution in [1.29, 1.82) is 0 Å². The van der Waals surface area contributed by atoms with Gasteiger partial charge in [-0.05, 0) is 25.7 Å². The van der Waals surface area contributed by atoms with Crippen LogP contribution in [0.1, 0.15) is 25.7 Å². The fraction of sp³-hybridized carbons (Fsp3) is 0.833. The van der Waals surface area contributed by atoms with Crippen LogP contribution in [0.4, 0.5) is 0 Å². The Morgan fingerprint density at radius 3 is 1.82 bits per heavy atom. The molecule has 5 nitrogen and oxygen atoms in total. The Balaban J connectivity index is 0.000000461. The maximum absolute atomic E-state index is 10.3. The molecule has 5 N–H and O–H groups in total. The molecule has 0 radical (unpaired) electrons. The van der Waals surface area contributed by atoms with Crippen LogP contribution in [0.15, 0.2) is 0 Å². The van der Waals surface area contributed by atoms with Crippen LogP contribution in [0, 0.1) is 0 Å². The largest absolute Gasteiger partial charge is 0.479 e. The van der Waals surface area contributed by atoms with E-state index >= 15 is 0 Å². The highest BCUT2D eigenvalue weighted by Crippen LogP contribution is 2.29. The van der Waals surface area contributed by atoms with Crippen molar-refractivity contribution in [3.8, 4) is 0 Å². The monoisotopic (exact) mass is 163 g/mol. The molecule has 0 saturated heterocycles. The van der Waals surface area contributed by atoms with Gasteiger partial charge >= 0.3 is 5.97 Å². The quantitative estimate of drug-likeness (QED) is 0.398. The van der Waals surface area contributed by atoms with Crippen LogP contribution in [0.3, 0.4) is 0 Å². The third-order valence-corrected chi connectivity index (χ3v) is 1.83. The molecule has 5 heteroatoms. The molecular formula is C6H13NO4. The van der Waals surface area contributed by atoms with Crippen LogP contribution >= 0.6 is 0 Å². The number of carboxylic acids is 1. The van der Waals surface area contributed by atoms with Gasteiger partial charge in [-0.1, -0.05) is 0 Å². The van der Waals surface area contributed by atoms with Crippen molar-refractivity contribution in [2.45, 2.75) is 31.3 Å². The highest BCUT2D eigenvalue weighted by atomic mass is 16.4. The van der Waals surface area contributed by atoms with E-state index in [9.17, 15) is 4.79 Å². The molecule has 66 valence electrons. The predicted molar refractivity (Wildman–Crippen MR) is 37.0 cm³/mol. The van der Waals surface area contributed by atoms with Crippen LogP contribution < -0.4 is 5.90 Å². The molecule has 0 heterocycles. The van der Waals surface area contributed by atoms with E-state index in [1.165, 1.54) is 0 Å². The minimum Gasteiger partial charge on any atom is -0.479 e. The summed E-state index contributed by atoms with van der Waals surface area (Å²) >= 11 is 0. The van der Waals surface area contributed by atoms with Crippen molar-refractivity contribution < 1.29 is 20.2 Å². The predicted octanol–water partition coefficient (Wildman–Crippen LogP) is -0.290. The van der Waals surface area contributed by atoms with Gasteiger partial charge in [-0.2, -0.15) is 0 Å². The van der Waals surface area contributed by atoms with Gasteiger partial charge in [0.15, 0.2) is 5.60 Å². The molecule has 11 heavy (non-hydrogen) atoms. The first-order valence-corrected chi connectivity index (χ1v) is 3.37. The summed E-state index contributed by atoms with van der Waals surface area (Å²) in [5, 5.41) is 24.1.